The molecular weight excluding hydrogens is 320 g/mol. The Morgan fingerprint density at radius 3 is 2.84 bits per heavy atom. The normalized spacial score (nSPS) is 18.0. The van der Waals surface area contributed by atoms with Crippen molar-refractivity contribution in [3.63, 3.8) is 0 Å². The number of primary amides is 1. The number of likely N-dealkylation sites (tertiary alicyclic amines) is 1. The number of benzene rings is 1. The molecule has 0 spiro atoms. The second-order valence-electron chi connectivity index (χ2n) is 6.20. The minimum Gasteiger partial charge on any atom is -0.497 e. The van der Waals surface area contributed by atoms with Gasteiger partial charge in [-0.15, -0.1) is 0 Å². The van der Waals surface area contributed by atoms with Crippen LogP contribution < -0.4 is 20.5 Å². The molecule has 1 atom stereocenters. The predicted molar refractivity (Wildman–Crippen MR) is 97.9 cm³/mol. The van der Waals surface area contributed by atoms with E-state index in [0.29, 0.717) is 18.9 Å². The van der Waals surface area contributed by atoms with Gasteiger partial charge in [0.05, 0.1) is 14.2 Å². The number of guanidine groups is 1. The Morgan fingerprint density at radius 1 is 1.40 bits per heavy atom. The Labute approximate surface area is 149 Å². The second-order valence-corrected chi connectivity index (χ2v) is 6.20. The fourth-order valence-corrected chi connectivity index (χ4v) is 3.21. The average Bonchev–Trinajstić information content (AvgIpc) is 2.62. The van der Waals surface area contributed by atoms with Gasteiger partial charge >= 0.3 is 0 Å². The van der Waals surface area contributed by atoms with Crippen molar-refractivity contribution >= 4 is 11.9 Å². The zero-order valence-corrected chi connectivity index (χ0v) is 15.2. The Kier molecular flexibility index (Phi) is 6.91. The molecule has 1 aromatic carbocycles. The molecular formula is C18H28N4O3. The highest BCUT2D eigenvalue weighted by atomic mass is 16.5. The maximum absolute atomic E-state index is 11.2. The third kappa shape index (κ3) is 5.27. The van der Waals surface area contributed by atoms with Gasteiger partial charge in [0.2, 0.25) is 5.91 Å². The predicted octanol–water partition coefficient (Wildman–Crippen LogP) is 1.37. The Morgan fingerprint density at radius 2 is 2.20 bits per heavy atom. The molecule has 0 radical (unpaired) electrons. The first-order chi connectivity index (χ1) is 12.1. The van der Waals surface area contributed by atoms with Crippen LogP contribution in [0, 0.1) is 5.92 Å². The van der Waals surface area contributed by atoms with Crippen LogP contribution in [0.1, 0.15) is 24.8 Å². The molecule has 7 nitrogen and oxygen atoms in total. The summed E-state index contributed by atoms with van der Waals surface area (Å²) in [6, 6.07) is 5.75. The number of carbonyl (C=O) groups excluding carboxylic acids is 1. The molecule has 1 aliphatic rings. The van der Waals surface area contributed by atoms with E-state index < -0.39 is 0 Å². The molecule has 0 aliphatic carbocycles. The van der Waals surface area contributed by atoms with Crippen LogP contribution in [0.2, 0.25) is 0 Å². The van der Waals surface area contributed by atoms with Crippen molar-refractivity contribution in [3.8, 4) is 11.5 Å². The highest BCUT2D eigenvalue weighted by Gasteiger charge is 2.23. The maximum Gasteiger partial charge on any atom is 0.217 e. The van der Waals surface area contributed by atoms with Gasteiger partial charge in [0.25, 0.3) is 0 Å². The molecule has 3 N–H and O–H groups in total. The van der Waals surface area contributed by atoms with Crippen molar-refractivity contribution in [1.29, 1.82) is 0 Å². The van der Waals surface area contributed by atoms with Gasteiger partial charge in [0, 0.05) is 44.7 Å². The molecule has 1 aromatic rings. The Bertz CT molecular complexity index is 618. The van der Waals surface area contributed by atoms with E-state index in [1.54, 1.807) is 21.3 Å². The molecule has 1 saturated heterocycles. The lowest BCUT2D eigenvalue weighted by Gasteiger charge is -2.34. The molecule has 1 aliphatic heterocycles. The summed E-state index contributed by atoms with van der Waals surface area (Å²) in [4.78, 5) is 17.7. The highest BCUT2D eigenvalue weighted by Crippen LogP contribution is 2.24. The number of nitrogens with two attached hydrogens (primary N) is 1. The monoisotopic (exact) mass is 348 g/mol. The molecule has 0 bridgehead atoms. The largest absolute Gasteiger partial charge is 0.497 e. The average molecular weight is 348 g/mol. The number of rotatable bonds is 6. The van der Waals surface area contributed by atoms with Crippen LogP contribution in [0.25, 0.3) is 0 Å². The van der Waals surface area contributed by atoms with E-state index >= 15 is 0 Å². The van der Waals surface area contributed by atoms with E-state index in [1.165, 1.54) is 0 Å². The van der Waals surface area contributed by atoms with Crippen LogP contribution in [0.5, 0.6) is 11.5 Å². The van der Waals surface area contributed by atoms with Gasteiger partial charge in [0.1, 0.15) is 11.5 Å². The van der Waals surface area contributed by atoms with Crippen LogP contribution in [-0.2, 0) is 11.3 Å². The van der Waals surface area contributed by atoms with Crippen molar-refractivity contribution < 1.29 is 14.3 Å². The lowest BCUT2D eigenvalue weighted by molar-refractivity contribution is -0.119. The van der Waals surface area contributed by atoms with Crippen LogP contribution in [0.4, 0.5) is 0 Å². The fraction of sp³-hybridized carbons (Fsp3) is 0.556. The molecule has 0 saturated carbocycles. The highest BCUT2D eigenvalue weighted by molar-refractivity contribution is 5.80. The number of carbonyl (C=O) groups is 1. The standard InChI is InChI=1S/C18H28N4O3/c1-20-18(22-8-4-5-13(12-22)9-17(19)23)21-11-14-6-7-15(24-2)10-16(14)25-3/h6-7,10,13H,4-5,8-9,11-12H2,1-3H3,(H2,19,23)(H,20,21). The van der Waals surface area contributed by atoms with Crippen molar-refractivity contribution in [2.24, 2.45) is 16.6 Å². The van der Waals surface area contributed by atoms with Crippen molar-refractivity contribution in [2.45, 2.75) is 25.8 Å². The molecule has 7 heteroatoms. The smallest absolute Gasteiger partial charge is 0.217 e. The van der Waals surface area contributed by atoms with Crippen molar-refractivity contribution in [1.82, 2.24) is 10.2 Å². The topological polar surface area (TPSA) is 89.2 Å². The fourth-order valence-electron chi connectivity index (χ4n) is 3.21. The van der Waals surface area contributed by atoms with Gasteiger partial charge in [-0.25, -0.2) is 0 Å². The van der Waals surface area contributed by atoms with E-state index in [4.69, 9.17) is 15.2 Å². The summed E-state index contributed by atoms with van der Waals surface area (Å²) in [6.45, 7) is 2.31. The lowest BCUT2D eigenvalue weighted by atomic mass is 9.95. The van der Waals surface area contributed by atoms with Crippen LogP contribution in [-0.4, -0.2) is 51.1 Å². The van der Waals surface area contributed by atoms with E-state index in [1.807, 2.05) is 18.2 Å². The maximum atomic E-state index is 11.2. The summed E-state index contributed by atoms with van der Waals surface area (Å²) >= 11 is 0. The van der Waals surface area contributed by atoms with E-state index in [2.05, 4.69) is 15.2 Å². The molecule has 0 aromatic heterocycles. The third-order valence-corrected chi connectivity index (χ3v) is 4.45. The van der Waals surface area contributed by atoms with Crippen LogP contribution in [0.3, 0.4) is 0 Å². The Balaban J connectivity index is 1.99. The van der Waals surface area contributed by atoms with Gasteiger partial charge in [-0.3, -0.25) is 9.79 Å². The molecule has 1 fully saturated rings. The van der Waals surface area contributed by atoms with Gasteiger partial charge in [-0.1, -0.05) is 0 Å². The van der Waals surface area contributed by atoms with Gasteiger partial charge < -0.3 is 25.4 Å². The second kappa shape index (κ2) is 9.15. The van der Waals surface area contributed by atoms with Gasteiger partial charge in [-0.05, 0) is 30.9 Å². The molecule has 25 heavy (non-hydrogen) atoms. The summed E-state index contributed by atoms with van der Waals surface area (Å²) < 4.78 is 10.7. The van der Waals surface area contributed by atoms with E-state index in [-0.39, 0.29) is 5.91 Å². The van der Waals surface area contributed by atoms with Crippen LogP contribution in [0.15, 0.2) is 23.2 Å². The zero-order valence-electron chi connectivity index (χ0n) is 15.2. The summed E-state index contributed by atoms with van der Waals surface area (Å²) in [5.41, 5.74) is 6.36. The summed E-state index contributed by atoms with van der Waals surface area (Å²) in [5.74, 6) is 2.41. The SMILES string of the molecule is CN=C(NCc1ccc(OC)cc1OC)N1CCCC(CC(N)=O)C1. The number of aliphatic imine (C=N–C) groups is 1. The number of piperidine rings is 1. The summed E-state index contributed by atoms with van der Waals surface area (Å²) in [6.07, 6.45) is 2.49. The number of hydrogen-bond donors (Lipinski definition) is 2. The summed E-state index contributed by atoms with van der Waals surface area (Å²) in [7, 11) is 5.05. The molecule has 2 rings (SSSR count). The number of hydrogen-bond acceptors (Lipinski definition) is 4. The molecule has 1 amide bonds. The zero-order chi connectivity index (χ0) is 18.2. The third-order valence-electron chi connectivity index (χ3n) is 4.45. The number of amides is 1. The van der Waals surface area contributed by atoms with Gasteiger partial charge in [-0.2, -0.15) is 0 Å². The molecule has 138 valence electrons. The van der Waals surface area contributed by atoms with Gasteiger partial charge in [0.15, 0.2) is 5.96 Å². The first-order valence-corrected chi connectivity index (χ1v) is 8.52. The first kappa shape index (κ1) is 18.9. The quantitative estimate of drug-likeness (QED) is 0.599. The number of nitrogens with one attached hydrogen (secondary N) is 1. The number of ether oxygens (including phenoxy) is 2. The van der Waals surface area contributed by atoms with E-state index in [0.717, 1.165) is 49.0 Å². The molecule has 1 heterocycles. The van der Waals surface area contributed by atoms with Crippen molar-refractivity contribution in [3.05, 3.63) is 23.8 Å². The number of nitrogens with zero attached hydrogens (tertiary/aromatic N) is 2. The van der Waals surface area contributed by atoms with E-state index in [9.17, 15) is 4.79 Å². The number of methoxy groups -OCH3 is 2. The minimum absolute atomic E-state index is 0.238. The summed E-state index contributed by atoms with van der Waals surface area (Å²) in [5, 5.41) is 3.38. The Hall–Kier alpha value is -2.44. The molecule has 1 unspecified atom stereocenters. The lowest BCUT2D eigenvalue weighted by Crippen LogP contribution is -2.46. The first-order valence-electron chi connectivity index (χ1n) is 8.52. The minimum atomic E-state index is -0.238. The van der Waals surface area contributed by atoms with Crippen molar-refractivity contribution in [2.75, 3.05) is 34.4 Å². The van der Waals surface area contributed by atoms with Crippen LogP contribution >= 0.6 is 0 Å².